The van der Waals surface area contributed by atoms with Crippen molar-refractivity contribution in [2.45, 2.75) is 45.4 Å². The Morgan fingerprint density at radius 1 is 1.05 bits per heavy atom. The van der Waals surface area contributed by atoms with Gasteiger partial charge < -0.3 is 19.7 Å². The third-order valence-electron chi connectivity index (χ3n) is 5.68. The highest BCUT2D eigenvalue weighted by atomic mass is 32.1. The Bertz CT molecular complexity index is 1350. The maximum atomic E-state index is 14.0. The van der Waals surface area contributed by atoms with Crippen LogP contribution in [-0.4, -0.2) is 51.5 Å². The molecule has 194 valence electrons. The first-order valence-corrected chi connectivity index (χ1v) is 12.7. The first-order valence-electron chi connectivity index (χ1n) is 11.8. The topological polar surface area (TPSA) is 98.6 Å². The lowest BCUT2D eigenvalue weighted by Crippen LogP contribution is -2.49. The molecule has 0 saturated heterocycles. The number of thiophene rings is 1. The van der Waals surface area contributed by atoms with Gasteiger partial charge in [0.1, 0.15) is 29.6 Å². The lowest BCUT2D eigenvalue weighted by molar-refractivity contribution is -0.142. The molecule has 9 nitrogen and oxygen atoms in total. The van der Waals surface area contributed by atoms with Crippen molar-refractivity contribution in [3.8, 4) is 11.5 Å². The summed E-state index contributed by atoms with van der Waals surface area (Å²) >= 11 is 1.52. The van der Waals surface area contributed by atoms with E-state index in [1.165, 1.54) is 11.3 Å². The van der Waals surface area contributed by atoms with Crippen molar-refractivity contribution < 1.29 is 19.1 Å². The number of carbonyl (C=O) groups is 2. The van der Waals surface area contributed by atoms with Crippen molar-refractivity contribution >= 4 is 34.2 Å². The molecule has 0 aliphatic carbocycles. The van der Waals surface area contributed by atoms with E-state index in [1.54, 1.807) is 42.0 Å². The first kappa shape index (κ1) is 26.2. The fourth-order valence-corrected chi connectivity index (χ4v) is 4.75. The summed E-state index contributed by atoms with van der Waals surface area (Å²) in [6.07, 6.45) is 0. The van der Waals surface area contributed by atoms with Gasteiger partial charge in [-0.2, -0.15) is 0 Å². The Balaban J connectivity index is 1.80. The van der Waals surface area contributed by atoms with Crippen LogP contribution in [0.5, 0.6) is 11.5 Å². The summed E-state index contributed by atoms with van der Waals surface area (Å²) in [7, 11) is 3.10. The SMILES string of the molecule is COc1cc(OC)cc([C@H](C(=O)NC(C)(C)C)N(Cc2cccs2)C(=O)Cn2nnc3ccccc32)c1. The van der Waals surface area contributed by atoms with Crippen LogP contribution in [0, 0.1) is 0 Å². The Morgan fingerprint density at radius 3 is 2.38 bits per heavy atom. The van der Waals surface area contributed by atoms with E-state index in [1.807, 2.05) is 62.5 Å². The third-order valence-corrected chi connectivity index (χ3v) is 6.54. The van der Waals surface area contributed by atoms with E-state index in [-0.39, 0.29) is 24.9 Å². The van der Waals surface area contributed by atoms with E-state index in [0.717, 1.165) is 10.4 Å². The molecule has 4 aromatic rings. The Morgan fingerprint density at radius 2 is 1.76 bits per heavy atom. The van der Waals surface area contributed by atoms with Crippen molar-refractivity contribution in [1.29, 1.82) is 0 Å². The van der Waals surface area contributed by atoms with Gasteiger partial charge in [0.25, 0.3) is 0 Å². The van der Waals surface area contributed by atoms with Gasteiger partial charge in [0, 0.05) is 16.5 Å². The minimum atomic E-state index is -0.951. The molecule has 0 radical (unpaired) electrons. The predicted molar refractivity (Wildman–Crippen MR) is 143 cm³/mol. The molecule has 1 N–H and O–H groups in total. The van der Waals surface area contributed by atoms with E-state index < -0.39 is 11.6 Å². The van der Waals surface area contributed by atoms with Gasteiger partial charge in [0.05, 0.1) is 26.3 Å². The van der Waals surface area contributed by atoms with Crippen molar-refractivity contribution in [2.75, 3.05) is 14.2 Å². The number of rotatable bonds is 9. The molecule has 0 aliphatic heterocycles. The minimum Gasteiger partial charge on any atom is -0.497 e. The average Bonchev–Trinajstić information content (AvgIpc) is 3.52. The molecular formula is C27H31N5O4S. The monoisotopic (exact) mass is 521 g/mol. The number of methoxy groups -OCH3 is 2. The molecule has 10 heteroatoms. The van der Waals surface area contributed by atoms with Gasteiger partial charge in [-0.05, 0) is 62.0 Å². The third kappa shape index (κ3) is 6.26. The lowest BCUT2D eigenvalue weighted by Gasteiger charge is -2.34. The van der Waals surface area contributed by atoms with Gasteiger partial charge in [-0.25, -0.2) is 4.68 Å². The van der Waals surface area contributed by atoms with Gasteiger partial charge in [-0.1, -0.05) is 23.4 Å². The zero-order valence-corrected chi connectivity index (χ0v) is 22.4. The number of hydrogen-bond acceptors (Lipinski definition) is 7. The highest BCUT2D eigenvalue weighted by Gasteiger charge is 2.34. The molecule has 0 saturated carbocycles. The van der Waals surface area contributed by atoms with E-state index in [2.05, 4.69) is 15.6 Å². The van der Waals surface area contributed by atoms with Crippen LogP contribution in [0.25, 0.3) is 11.0 Å². The number of amides is 2. The number of carbonyl (C=O) groups excluding carboxylic acids is 2. The number of nitrogens with one attached hydrogen (secondary N) is 1. The number of hydrogen-bond donors (Lipinski definition) is 1. The quantitative estimate of drug-likeness (QED) is 0.355. The van der Waals surface area contributed by atoms with Crippen LogP contribution < -0.4 is 14.8 Å². The van der Waals surface area contributed by atoms with Gasteiger partial charge in [-0.3, -0.25) is 9.59 Å². The Kier molecular flexibility index (Phi) is 7.77. The average molecular weight is 522 g/mol. The molecule has 2 aromatic carbocycles. The first-order chi connectivity index (χ1) is 17.7. The maximum Gasteiger partial charge on any atom is 0.247 e. The summed E-state index contributed by atoms with van der Waals surface area (Å²) in [6.45, 7) is 5.88. The second-order valence-electron chi connectivity index (χ2n) is 9.62. The zero-order valence-electron chi connectivity index (χ0n) is 21.6. The highest BCUT2D eigenvalue weighted by molar-refractivity contribution is 7.09. The summed E-state index contributed by atoms with van der Waals surface area (Å²) in [5.41, 5.74) is 1.49. The smallest absolute Gasteiger partial charge is 0.247 e. The predicted octanol–water partition coefficient (Wildman–Crippen LogP) is 4.19. The number of benzene rings is 2. The van der Waals surface area contributed by atoms with Gasteiger partial charge in [0.2, 0.25) is 11.8 Å². The van der Waals surface area contributed by atoms with E-state index >= 15 is 0 Å². The van der Waals surface area contributed by atoms with Crippen molar-refractivity contribution in [2.24, 2.45) is 0 Å². The number of aromatic nitrogens is 3. The second kappa shape index (κ2) is 11.0. The molecule has 2 heterocycles. The van der Waals surface area contributed by atoms with Crippen LogP contribution in [-0.2, 0) is 22.7 Å². The van der Waals surface area contributed by atoms with E-state index in [0.29, 0.717) is 22.6 Å². The standard InChI is InChI=1S/C27H31N5O4S/c1-27(2,3)28-26(34)25(18-13-19(35-4)15-20(14-18)36-5)31(16-21-9-8-12-37-21)24(33)17-32-23-11-7-6-10-22(23)29-30-32/h6-15,25H,16-17H2,1-5H3,(H,28,34)/t25-/m1/s1. The van der Waals surface area contributed by atoms with Gasteiger partial charge in [0.15, 0.2) is 0 Å². The summed E-state index contributed by atoms with van der Waals surface area (Å²) < 4.78 is 12.5. The maximum absolute atomic E-state index is 14.0. The summed E-state index contributed by atoms with van der Waals surface area (Å²) in [4.78, 5) is 30.3. The molecule has 37 heavy (non-hydrogen) atoms. The molecular weight excluding hydrogens is 490 g/mol. The van der Waals surface area contributed by atoms with Gasteiger partial charge >= 0.3 is 0 Å². The fraction of sp³-hybridized carbons (Fsp3) is 0.333. The van der Waals surface area contributed by atoms with Crippen LogP contribution in [0.2, 0.25) is 0 Å². The molecule has 2 aromatic heterocycles. The zero-order chi connectivity index (χ0) is 26.6. The number of ether oxygens (including phenoxy) is 2. The molecule has 4 rings (SSSR count). The molecule has 0 fully saturated rings. The lowest BCUT2D eigenvalue weighted by atomic mass is 10.0. The molecule has 0 spiro atoms. The highest BCUT2D eigenvalue weighted by Crippen LogP contribution is 2.32. The minimum absolute atomic E-state index is 0.0771. The van der Waals surface area contributed by atoms with E-state index in [4.69, 9.17) is 9.47 Å². The summed E-state index contributed by atoms with van der Waals surface area (Å²) in [5, 5.41) is 13.4. The molecule has 1 atom stereocenters. The fourth-order valence-electron chi connectivity index (χ4n) is 4.05. The molecule has 0 aliphatic rings. The van der Waals surface area contributed by atoms with E-state index in [9.17, 15) is 9.59 Å². The van der Waals surface area contributed by atoms with Crippen molar-refractivity contribution in [1.82, 2.24) is 25.2 Å². The Labute approximate surface area is 220 Å². The van der Waals surface area contributed by atoms with Crippen LogP contribution in [0.1, 0.15) is 37.3 Å². The van der Waals surface area contributed by atoms with Crippen LogP contribution in [0.4, 0.5) is 0 Å². The largest absolute Gasteiger partial charge is 0.497 e. The van der Waals surface area contributed by atoms with Crippen LogP contribution in [0.15, 0.2) is 60.0 Å². The number of nitrogens with zero attached hydrogens (tertiary/aromatic N) is 4. The Hall–Kier alpha value is -3.92. The van der Waals surface area contributed by atoms with Crippen molar-refractivity contribution in [3.05, 3.63) is 70.4 Å². The number of fused-ring (bicyclic) bond motifs is 1. The second-order valence-corrected chi connectivity index (χ2v) is 10.7. The normalized spacial score (nSPS) is 12.2. The molecule has 2 amide bonds. The number of para-hydroxylation sites is 1. The van der Waals surface area contributed by atoms with Gasteiger partial charge in [-0.15, -0.1) is 16.4 Å². The summed E-state index contributed by atoms with van der Waals surface area (Å²) in [6, 6.07) is 15.6. The van der Waals surface area contributed by atoms with Crippen LogP contribution in [0.3, 0.4) is 0 Å². The van der Waals surface area contributed by atoms with Crippen LogP contribution >= 0.6 is 11.3 Å². The molecule has 0 unspecified atom stereocenters. The molecule has 0 bridgehead atoms. The summed E-state index contributed by atoms with van der Waals surface area (Å²) in [5.74, 6) is 0.457. The van der Waals surface area contributed by atoms with Crippen molar-refractivity contribution in [3.63, 3.8) is 0 Å².